The van der Waals surface area contributed by atoms with Crippen LogP contribution in [0.1, 0.15) is 18.1 Å². The van der Waals surface area contributed by atoms with Crippen molar-refractivity contribution in [2.45, 2.75) is 31.0 Å². The summed E-state index contributed by atoms with van der Waals surface area (Å²) in [4.78, 5) is 41.7. The number of methoxy groups -OCH3 is 2. The Morgan fingerprint density at radius 1 is 1.06 bits per heavy atom. The van der Waals surface area contributed by atoms with Crippen LogP contribution < -0.4 is 20.1 Å². The smallest absolute Gasteiger partial charge is 0.250 e. The number of likely N-dealkylation sites (tertiary alicyclic amines) is 1. The van der Waals surface area contributed by atoms with E-state index < -0.39 is 35.4 Å². The Morgan fingerprint density at radius 2 is 1.79 bits per heavy atom. The third-order valence-corrected chi connectivity index (χ3v) is 7.24. The van der Waals surface area contributed by atoms with E-state index in [1.54, 1.807) is 51.5 Å². The lowest BCUT2D eigenvalue weighted by Gasteiger charge is -2.30. The van der Waals surface area contributed by atoms with Crippen molar-refractivity contribution >= 4 is 23.4 Å². The number of carbonyl (C=O) groups is 3. The van der Waals surface area contributed by atoms with Crippen LogP contribution >= 0.6 is 0 Å². The number of hydrogen-bond acceptors (Lipinski definition) is 7. The molecule has 5 rings (SSSR count). The van der Waals surface area contributed by atoms with Crippen molar-refractivity contribution in [2.24, 2.45) is 11.8 Å². The van der Waals surface area contributed by atoms with Crippen molar-refractivity contribution in [3.8, 4) is 11.5 Å². The number of nitrogens with zero attached hydrogens (tertiary/aromatic N) is 1. The Labute approximate surface area is 197 Å². The first-order valence-electron chi connectivity index (χ1n) is 11.3. The second-order valence-electron chi connectivity index (χ2n) is 8.99. The molecule has 2 aromatic carbocycles. The van der Waals surface area contributed by atoms with Gasteiger partial charge in [0.25, 0.3) is 0 Å². The average molecular weight is 466 g/mol. The summed E-state index contributed by atoms with van der Waals surface area (Å²) in [5.41, 5.74) is 0.711. The molecule has 3 aliphatic rings. The standard InChI is InChI=1S/C25H27N3O6/c1-13(29)21-19-20(25(27-21)15-6-4-5-7-16(15)26-24(25)32)23(31)28(22(19)30)11-10-14-8-9-17(33-2)18(12-14)34-3/h4-9,12-13,19-21,27,29H,10-11H2,1-3H3,(H,26,32)/t13-,19-,20-,21+,25-/m0/s1. The van der Waals surface area contributed by atoms with E-state index in [1.165, 1.54) is 4.90 Å². The Morgan fingerprint density at radius 3 is 2.50 bits per heavy atom. The zero-order valence-corrected chi connectivity index (χ0v) is 19.2. The van der Waals surface area contributed by atoms with Gasteiger partial charge in [0.2, 0.25) is 17.7 Å². The van der Waals surface area contributed by atoms with E-state index in [2.05, 4.69) is 10.6 Å². The number of hydrogen-bond donors (Lipinski definition) is 3. The van der Waals surface area contributed by atoms with Gasteiger partial charge in [-0.05, 0) is 37.1 Å². The van der Waals surface area contributed by atoms with Gasteiger partial charge in [0.1, 0.15) is 5.54 Å². The van der Waals surface area contributed by atoms with Gasteiger partial charge in [0.15, 0.2) is 11.5 Å². The molecule has 2 fully saturated rings. The zero-order chi connectivity index (χ0) is 24.2. The van der Waals surface area contributed by atoms with Crippen LogP contribution in [0.15, 0.2) is 42.5 Å². The minimum atomic E-state index is -1.40. The Kier molecular flexibility index (Phi) is 5.33. The van der Waals surface area contributed by atoms with E-state index >= 15 is 0 Å². The lowest BCUT2D eigenvalue weighted by Crippen LogP contribution is -2.54. The number of amides is 3. The molecule has 0 radical (unpaired) electrons. The molecular weight excluding hydrogens is 438 g/mol. The first-order valence-corrected chi connectivity index (χ1v) is 11.3. The molecule has 9 nitrogen and oxygen atoms in total. The molecule has 1 spiro atoms. The second-order valence-corrected chi connectivity index (χ2v) is 8.99. The Hall–Kier alpha value is -3.43. The maximum atomic E-state index is 13.7. The summed E-state index contributed by atoms with van der Waals surface area (Å²) in [5, 5.41) is 16.5. The van der Waals surface area contributed by atoms with Crippen LogP contribution in [0, 0.1) is 11.8 Å². The minimum Gasteiger partial charge on any atom is -0.493 e. The third kappa shape index (κ3) is 3.04. The number of ether oxygens (including phenoxy) is 2. The molecule has 5 atom stereocenters. The van der Waals surface area contributed by atoms with Crippen molar-refractivity contribution < 1.29 is 29.0 Å². The Bertz CT molecular complexity index is 1180. The van der Waals surface area contributed by atoms with Crippen molar-refractivity contribution in [1.29, 1.82) is 0 Å². The molecule has 2 aromatic rings. The third-order valence-electron chi connectivity index (χ3n) is 7.24. The summed E-state index contributed by atoms with van der Waals surface area (Å²) < 4.78 is 10.6. The molecule has 2 saturated heterocycles. The topological polar surface area (TPSA) is 117 Å². The van der Waals surface area contributed by atoms with Gasteiger partial charge in [-0.25, -0.2) is 0 Å². The van der Waals surface area contributed by atoms with Crippen LogP contribution in [0.2, 0.25) is 0 Å². The van der Waals surface area contributed by atoms with Crippen molar-refractivity contribution in [3.63, 3.8) is 0 Å². The summed E-state index contributed by atoms with van der Waals surface area (Å²) >= 11 is 0. The van der Waals surface area contributed by atoms with Gasteiger partial charge in [-0.15, -0.1) is 0 Å². The first-order chi connectivity index (χ1) is 16.3. The second kappa shape index (κ2) is 8.11. The molecule has 3 heterocycles. The molecule has 3 N–H and O–H groups in total. The molecule has 0 bridgehead atoms. The van der Waals surface area contributed by atoms with Gasteiger partial charge in [0, 0.05) is 23.8 Å². The van der Waals surface area contributed by atoms with Gasteiger partial charge in [0.05, 0.1) is 32.2 Å². The SMILES string of the molecule is COc1ccc(CCN2C(=O)[C@@H]3[C@@H]([C@H](C)O)N[C@]4(C(=O)Nc5ccccc54)[C@@H]3C2=O)cc1OC. The number of aliphatic hydroxyl groups excluding tert-OH is 1. The fourth-order valence-electron chi connectivity index (χ4n) is 5.66. The van der Waals surface area contributed by atoms with Gasteiger partial charge < -0.3 is 19.9 Å². The van der Waals surface area contributed by atoms with Gasteiger partial charge in [-0.3, -0.25) is 24.6 Å². The lowest BCUT2D eigenvalue weighted by molar-refractivity contribution is -0.143. The highest BCUT2D eigenvalue weighted by atomic mass is 16.5. The van der Waals surface area contributed by atoms with E-state index in [0.717, 1.165) is 5.56 Å². The number of aliphatic hydroxyl groups is 1. The molecule has 3 amide bonds. The Balaban J connectivity index is 1.47. The van der Waals surface area contributed by atoms with Crippen molar-refractivity contribution in [1.82, 2.24) is 10.2 Å². The van der Waals surface area contributed by atoms with Gasteiger partial charge in [-0.1, -0.05) is 24.3 Å². The van der Waals surface area contributed by atoms with E-state index in [1.807, 2.05) is 12.1 Å². The fraction of sp³-hybridized carbons (Fsp3) is 0.400. The van der Waals surface area contributed by atoms with E-state index in [4.69, 9.17) is 9.47 Å². The van der Waals surface area contributed by atoms with Gasteiger partial charge >= 0.3 is 0 Å². The molecule has 9 heteroatoms. The van der Waals surface area contributed by atoms with E-state index in [0.29, 0.717) is 29.2 Å². The summed E-state index contributed by atoms with van der Waals surface area (Å²) in [6.45, 7) is 1.72. The number of anilines is 1. The number of benzene rings is 2. The first kappa shape index (κ1) is 22.4. The van der Waals surface area contributed by atoms with Crippen LogP contribution in [0.3, 0.4) is 0 Å². The molecule has 0 aliphatic carbocycles. The number of imide groups is 1. The van der Waals surface area contributed by atoms with Crippen LogP contribution in [0.25, 0.3) is 0 Å². The quantitative estimate of drug-likeness (QED) is 0.546. The highest BCUT2D eigenvalue weighted by Crippen LogP contribution is 2.53. The highest BCUT2D eigenvalue weighted by Gasteiger charge is 2.70. The number of fused-ring (bicyclic) bond motifs is 4. The number of rotatable bonds is 6. The predicted molar refractivity (Wildman–Crippen MR) is 122 cm³/mol. The van der Waals surface area contributed by atoms with Gasteiger partial charge in [-0.2, -0.15) is 0 Å². The van der Waals surface area contributed by atoms with E-state index in [-0.39, 0.29) is 18.4 Å². The largest absolute Gasteiger partial charge is 0.493 e. The van der Waals surface area contributed by atoms with Crippen molar-refractivity contribution in [3.05, 3.63) is 53.6 Å². The average Bonchev–Trinajstić information content (AvgIpc) is 3.42. The van der Waals surface area contributed by atoms with Crippen molar-refractivity contribution in [2.75, 3.05) is 26.1 Å². The molecule has 34 heavy (non-hydrogen) atoms. The minimum absolute atomic E-state index is 0.159. The zero-order valence-electron chi connectivity index (χ0n) is 19.2. The normalized spacial score (nSPS) is 28.2. The molecule has 0 aromatic heterocycles. The summed E-state index contributed by atoms with van der Waals surface area (Å²) in [5.74, 6) is -1.78. The van der Waals surface area contributed by atoms with Crippen LogP contribution in [0.4, 0.5) is 5.69 Å². The summed E-state index contributed by atoms with van der Waals surface area (Å²) in [6, 6.07) is 11.9. The molecule has 0 unspecified atom stereocenters. The molecular formula is C25H27N3O6. The van der Waals surface area contributed by atoms with E-state index in [9.17, 15) is 19.5 Å². The highest BCUT2D eigenvalue weighted by molar-refractivity contribution is 6.15. The molecule has 3 aliphatic heterocycles. The van der Waals surface area contributed by atoms with Crippen LogP contribution in [-0.4, -0.2) is 60.6 Å². The fourth-order valence-corrected chi connectivity index (χ4v) is 5.66. The molecule has 0 saturated carbocycles. The summed E-state index contributed by atoms with van der Waals surface area (Å²) in [7, 11) is 3.10. The molecule has 178 valence electrons. The predicted octanol–water partition coefficient (Wildman–Crippen LogP) is 1.05. The maximum Gasteiger partial charge on any atom is 0.250 e. The monoisotopic (exact) mass is 465 g/mol. The maximum absolute atomic E-state index is 13.7. The number of nitrogens with one attached hydrogen (secondary N) is 2. The lowest BCUT2D eigenvalue weighted by atomic mass is 9.76. The number of carbonyl (C=O) groups excluding carboxylic acids is 3. The number of para-hydroxylation sites is 1. The van der Waals surface area contributed by atoms with Crippen LogP contribution in [0.5, 0.6) is 11.5 Å². The summed E-state index contributed by atoms with van der Waals surface area (Å²) in [6.07, 6.45) is -0.519. The van der Waals surface area contributed by atoms with Crippen LogP contribution in [-0.2, 0) is 26.3 Å².